The second-order valence-electron chi connectivity index (χ2n) is 4.54. The summed E-state index contributed by atoms with van der Waals surface area (Å²) < 4.78 is 0. The molecule has 21 heavy (non-hydrogen) atoms. The predicted octanol–water partition coefficient (Wildman–Crippen LogP) is 2.43. The molecule has 1 heterocycles. The molecule has 2 aromatic rings. The first-order chi connectivity index (χ1) is 10.0. The van der Waals surface area contributed by atoms with Gasteiger partial charge in [-0.3, -0.25) is 4.79 Å². The fourth-order valence-electron chi connectivity index (χ4n) is 1.78. The van der Waals surface area contributed by atoms with Crippen molar-refractivity contribution < 1.29 is 14.7 Å². The first kappa shape index (κ1) is 15.0. The second-order valence-corrected chi connectivity index (χ2v) is 5.26. The van der Waals surface area contributed by atoms with Crippen LogP contribution in [0.5, 0.6) is 0 Å². The van der Waals surface area contributed by atoms with E-state index < -0.39 is 5.97 Å². The van der Waals surface area contributed by atoms with Crippen LogP contribution >= 0.6 is 11.3 Å². The number of hydrogen-bond acceptors (Lipinski definition) is 4. The molecule has 2 amide bonds. The summed E-state index contributed by atoms with van der Waals surface area (Å²) in [5.41, 5.74) is 3.76. The number of aliphatic carboxylic acids is 1. The highest BCUT2D eigenvalue weighted by atomic mass is 32.1. The van der Waals surface area contributed by atoms with Gasteiger partial charge in [-0.15, -0.1) is 11.3 Å². The van der Waals surface area contributed by atoms with Crippen molar-refractivity contribution >= 4 is 29.0 Å². The molecule has 0 aliphatic carbocycles. The van der Waals surface area contributed by atoms with E-state index in [1.807, 2.05) is 5.38 Å². The van der Waals surface area contributed by atoms with Crippen LogP contribution in [-0.4, -0.2) is 34.0 Å². The molecule has 0 bridgehead atoms. The molecule has 0 fully saturated rings. The third-order valence-electron chi connectivity index (χ3n) is 2.76. The monoisotopic (exact) mass is 305 g/mol. The van der Waals surface area contributed by atoms with Gasteiger partial charge in [0, 0.05) is 18.1 Å². The molecule has 2 rings (SSSR count). The van der Waals surface area contributed by atoms with Crippen LogP contribution in [0, 0.1) is 0 Å². The highest BCUT2D eigenvalue weighted by Gasteiger charge is 2.11. The summed E-state index contributed by atoms with van der Waals surface area (Å²) >= 11 is 1.48. The van der Waals surface area contributed by atoms with E-state index in [-0.39, 0.29) is 12.5 Å². The Balaban J connectivity index is 1.97. The summed E-state index contributed by atoms with van der Waals surface area (Å²) in [7, 11) is 1.68. The van der Waals surface area contributed by atoms with Gasteiger partial charge in [-0.05, 0) is 17.7 Å². The van der Waals surface area contributed by atoms with Gasteiger partial charge in [0.1, 0.15) is 0 Å². The van der Waals surface area contributed by atoms with Crippen LogP contribution < -0.4 is 5.32 Å². The Morgan fingerprint density at radius 2 is 2.24 bits per heavy atom. The molecule has 110 valence electrons. The zero-order valence-electron chi connectivity index (χ0n) is 11.4. The summed E-state index contributed by atoms with van der Waals surface area (Å²) in [5.74, 6) is -0.904. The number of nitrogens with zero attached hydrogens (tertiary/aromatic N) is 2. The highest BCUT2D eigenvalue weighted by Crippen LogP contribution is 2.13. The van der Waals surface area contributed by atoms with Crippen molar-refractivity contribution in [2.45, 2.75) is 13.0 Å². The summed E-state index contributed by atoms with van der Waals surface area (Å²) in [4.78, 5) is 28.4. The number of carbonyl (C=O) groups is 2. The maximum Gasteiger partial charge on any atom is 0.321 e. The van der Waals surface area contributed by atoms with Crippen molar-refractivity contribution in [3.8, 4) is 0 Å². The molecule has 0 saturated carbocycles. The topological polar surface area (TPSA) is 82.5 Å². The molecule has 1 aromatic heterocycles. The van der Waals surface area contributed by atoms with Gasteiger partial charge < -0.3 is 15.3 Å². The van der Waals surface area contributed by atoms with Crippen molar-refractivity contribution in [2.75, 3.05) is 12.4 Å². The fourth-order valence-corrected chi connectivity index (χ4v) is 2.33. The molecule has 6 nitrogen and oxygen atoms in total. The number of aromatic nitrogens is 1. The molecule has 0 radical (unpaired) electrons. The molecule has 1 aromatic carbocycles. The average Bonchev–Trinajstić information content (AvgIpc) is 2.91. The zero-order valence-corrected chi connectivity index (χ0v) is 12.3. The van der Waals surface area contributed by atoms with Gasteiger partial charge in [-0.2, -0.15) is 0 Å². The van der Waals surface area contributed by atoms with Crippen LogP contribution in [0.4, 0.5) is 10.5 Å². The summed E-state index contributed by atoms with van der Waals surface area (Å²) in [5, 5.41) is 13.4. The SMILES string of the molecule is CN(Cc1cscn1)C(=O)Nc1cccc(CC(=O)O)c1. The molecular weight excluding hydrogens is 290 g/mol. The van der Waals surface area contributed by atoms with E-state index in [0.29, 0.717) is 17.8 Å². The largest absolute Gasteiger partial charge is 0.481 e. The Labute approximate surface area is 126 Å². The van der Waals surface area contributed by atoms with E-state index in [4.69, 9.17) is 5.11 Å². The van der Waals surface area contributed by atoms with Gasteiger partial charge >= 0.3 is 12.0 Å². The number of carboxylic acids is 1. The van der Waals surface area contributed by atoms with Gasteiger partial charge in [0.25, 0.3) is 0 Å². The molecule has 0 aliphatic heterocycles. The van der Waals surface area contributed by atoms with E-state index in [2.05, 4.69) is 10.3 Å². The van der Waals surface area contributed by atoms with E-state index in [0.717, 1.165) is 5.69 Å². The number of benzene rings is 1. The number of hydrogen-bond donors (Lipinski definition) is 2. The lowest BCUT2D eigenvalue weighted by atomic mass is 10.1. The van der Waals surface area contributed by atoms with Crippen LogP contribution in [-0.2, 0) is 17.8 Å². The summed E-state index contributed by atoms with van der Waals surface area (Å²) in [6, 6.07) is 6.54. The highest BCUT2D eigenvalue weighted by molar-refractivity contribution is 7.07. The van der Waals surface area contributed by atoms with Gasteiger partial charge in [0.15, 0.2) is 0 Å². The molecule has 0 saturated heterocycles. The van der Waals surface area contributed by atoms with E-state index in [1.54, 1.807) is 36.8 Å². The van der Waals surface area contributed by atoms with Crippen molar-refractivity contribution in [1.29, 1.82) is 0 Å². The Kier molecular flexibility index (Phi) is 4.89. The molecule has 0 unspecified atom stereocenters. The molecule has 7 heteroatoms. The maximum atomic E-state index is 12.0. The number of carbonyl (C=O) groups excluding carboxylic acids is 1. The Morgan fingerprint density at radius 1 is 1.43 bits per heavy atom. The Hall–Kier alpha value is -2.41. The van der Waals surface area contributed by atoms with Crippen LogP contribution in [0.3, 0.4) is 0 Å². The third-order valence-corrected chi connectivity index (χ3v) is 3.40. The number of rotatable bonds is 5. The number of carboxylic acid groups (broad SMARTS) is 1. The average molecular weight is 305 g/mol. The number of urea groups is 1. The smallest absolute Gasteiger partial charge is 0.321 e. The van der Waals surface area contributed by atoms with Crippen molar-refractivity contribution in [1.82, 2.24) is 9.88 Å². The zero-order chi connectivity index (χ0) is 15.2. The van der Waals surface area contributed by atoms with Crippen LogP contribution in [0.15, 0.2) is 35.2 Å². The van der Waals surface area contributed by atoms with Gasteiger partial charge in [-0.1, -0.05) is 12.1 Å². The predicted molar refractivity (Wildman–Crippen MR) is 80.4 cm³/mol. The second kappa shape index (κ2) is 6.85. The maximum absolute atomic E-state index is 12.0. The summed E-state index contributed by atoms with van der Waals surface area (Å²) in [6.45, 7) is 0.421. The Morgan fingerprint density at radius 3 is 2.90 bits per heavy atom. The molecule has 2 N–H and O–H groups in total. The van der Waals surface area contributed by atoms with Crippen molar-refractivity contribution in [3.05, 3.63) is 46.4 Å². The molecule has 0 atom stereocenters. The third kappa shape index (κ3) is 4.57. The van der Waals surface area contributed by atoms with E-state index in [9.17, 15) is 9.59 Å². The van der Waals surface area contributed by atoms with Gasteiger partial charge in [-0.25, -0.2) is 9.78 Å². The minimum absolute atomic E-state index is 0.0711. The van der Waals surface area contributed by atoms with Gasteiger partial charge in [0.05, 0.1) is 24.2 Å². The minimum atomic E-state index is -0.904. The first-order valence-electron chi connectivity index (χ1n) is 6.24. The molecular formula is C14H15N3O3S. The standard InChI is InChI=1S/C14H15N3O3S/c1-17(7-12-8-21-9-15-12)14(20)16-11-4-2-3-10(5-11)6-13(18)19/h2-5,8-9H,6-7H2,1H3,(H,16,20)(H,18,19). The summed E-state index contributed by atoms with van der Waals surface area (Å²) in [6.07, 6.45) is -0.0711. The van der Waals surface area contributed by atoms with E-state index in [1.165, 1.54) is 16.2 Å². The Bertz CT molecular complexity index is 628. The number of thiazole rings is 1. The normalized spacial score (nSPS) is 10.1. The van der Waals surface area contributed by atoms with E-state index >= 15 is 0 Å². The number of nitrogens with one attached hydrogen (secondary N) is 1. The quantitative estimate of drug-likeness (QED) is 0.889. The minimum Gasteiger partial charge on any atom is -0.481 e. The lowest BCUT2D eigenvalue weighted by Crippen LogP contribution is -2.30. The fraction of sp³-hybridized carbons (Fsp3) is 0.214. The van der Waals surface area contributed by atoms with Gasteiger partial charge in [0.2, 0.25) is 0 Å². The first-order valence-corrected chi connectivity index (χ1v) is 7.19. The van der Waals surface area contributed by atoms with Crippen molar-refractivity contribution in [2.24, 2.45) is 0 Å². The molecule has 0 aliphatic rings. The number of anilines is 1. The lowest BCUT2D eigenvalue weighted by Gasteiger charge is -2.17. The van der Waals surface area contributed by atoms with Crippen LogP contribution in [0.25, 0.3) is 0 Å². The van der Waals surface area contributed by atoms with Crippen LogP contribution in [0.1, 0.15) is 11.3 Å². The lowest BCUT2D eigenvalue weighted by molar-refractivity contribution is -0.136. The molecule has 0 spiro atoms. The van der Waals surface area contributed by atoms with Crippen LogP contribution in [0.2, 0.25) is 0 Å². The van der Waals surface area contributed by atoms with Crippen molar-refractivity contribution in [3.63, 3.8) is 0 Å². The number of amides is 2.